The van der Waals surface area contributed by atoms with Gasteiger partial charge in [0.15, 0.2) is 0 Å². The molecule has 2 aromatic carbocycles. The van der Waals surface area contributed by atoms with Crippen LogP contribution in [0.4, 0.5) is 0 Å². The van der Waals surface area contributed by atoms with Crippen molar-refractivity contribution in [3.63, 3.8) is 0 Å². The Balaban J connectivity index is 1.66. The Bertz CT molecular complexity index is 512. The van der Waals surface area contributed by atoms with Crippen LogP contribution in [0.25, 0.3) is 10.8 Å². The van der Waals surface area contributed by atoms with E-state index < -0.39 is 0 Å². The molecule has 0 unspecified atom stereocenters. The molecule has 0 aromatic heterocycles. The summed E-state index contributed by atoms with van der Waals surface area (Å²) in [6.45, 7) is 3.08. The van der Waals surface area contributed by atoms with Crippen molar-refractivity contribution in [2.75, 3.05) is 13.2 Å². The van der Waals surface area contributed by atoms with Gasteiger partial charge >= 0.3 is 0 Å². The van der Waals surface area contributed by atoms with Crippen molar-refractivity contribution in [1.29, 1.82) is 0 Å². The van der Waals surface area contributed by atoms with Gasteiger partial charge in [-0.1, -0.05) is 42.5 Å². The normalized spacial score (nSPS) is 19.4. The van der Waals surface area contributed by atoms with Crippen LogP contribution in [0.2, 0.25) is 0 Å². The van der Waals surface area contributed by atoms with Gasteiger partial charge < -0.3 is 10.1 Å². The molecule has 2 aromatic rings. The lowest BCUT2D eigenvalue weighted by molar-refractivity contribution is -0.676. The van der Waals surface area contributed by atoms with Crippen LogP contribution >= 0.6 is 0 Å². The van der Waals surface area contributed by atoms with Gasteiger partial charge in [0.2, 0.25) is 0 Å². The third-order valence-electron chi connectivity index (χ3n) is 3.70. The van der Waals surface area contributed by atoms with Gasteiger partial charge in [-0.25, -0.2) is 0 Å². The molecule has 2 heteroatoms. The van der Waals surface area contributed by atoms with E-state index in [1.807, 2.05) is 0 Å². The second kappa shape index (κ2) is 5.51. The van der Waals surface area contributed by atoms with Crippen molar-refractivity contribution in [3.8, 4) is 0 Å². The summed E-state index contributed by atoms with van der Waals surface area (Å²) >= 11 is 0. The summed E-state index contributed by atoms with van der Waals surface area (Å²) in [5.41, 5.74) is 1.42. The zero-order chi connectivity index (χ0) is 12.2. The Morgan fingerprint density at radius 1 is 1.11 bits per heavy atom. The highest BCUT2D eigenvalue weighted by atomic mass is 16.5. The van der Waals surface area contributed by atoms with E-state index in [-0.39, 0.29) is 0 Å². The molecular weight excluding hydrogens is 222 g/mol. The maximum atomic E-state index is 5.65. The minimum Gasteiger partial charge on any atom is -0.372 e. The first-order valence-electron chi connectivity index (χ1n) is 6.83. The third kappa shape index (κ3) is 2.55. The van der Waals surface area contributed by atoms with Crippen LogP contribution in [0.15, 0.2) is 42.5 Å². The molecular formula is C16H20NO+. The fraction of sp³-hybridized carbons (Fsp3) is 0.375. The number of ether oxygens (including phenoxy) is 1. The van der Waals surface area contributed by atoms with Crippen LogP contribution in [0, 0.1) is 0 Å². The molecule has 2 N–H and O–H groups in total. The highest BCUT2D eigenvalue weighted by molar-refractivity contribution is 5.85. The molecule has 1 atom stereocenters. The van der Waals surface area contributed by atoms with E-state index in [1.54, 1.807) is 0 Å². The predicted molar refractivity (Wildman–Crippen MR) is 73.4 cm³/mol. The van der Waals surface area contributed by atoms with Crippen LogP contribution in [-0.2, 0) is 11.3 Å². The number of benzene rings is 2. The van der Waals surface area contributed by atoms with Gasteiger partial charge in [-0.3, -0.25) is 0 Å². The SMILES string of the molecule is c1ccc2c(C[NH2+]C[C@@H]3CCCO3)cccc2c1. The second-order valence-corrected chi connectivity index (χ2v) is 5.00. The van der Waals surface area contributed by atoms with E-state index in [0.717, 1.165) is 19.7 Å². The molecule has 0 aliphatic carbocycles. The molecule has 1 saturated heterocycles. The number of fused-ring (bicyclic) bond motifs is 1. The molecule has 0 bridgehead atoms. The van der Waals surface area contributed by atoms with Crippen LogP contribution in [0.5, 0.6) is 0 Å². The van der Waals surface area contributed by atoms with E-state index in [9.17, 15) is 0 Å². The van der Waals surface area contributed by atoms with Crippen molar-refractivity contribution < 1.29 is 10.1 Å². The van der Waals surface area contributed by atoms with Crippen molar-refractivity contribution in [2.24, 2.45) is 0 Å². The van der Waals surface area contributed by atoms with Gasteiger partial charge in [0.1, 0.15) is 19.2 Å². The number of hydrogen-bond acceptors (Lipinski definition) is 1. The molecule has 1 aliphatic heterocycles. The number of quaternary nitrogens is 1. The smallest absolute Gasteiger partial charge is 0.106 e. The standard InChI is InChI=1S/C16H19NO/c1-2-9-16-13(5-1)6-3-7-14(16)11-17-12-15-8-4-10-18-15/h1-3,5-7,9,15,17H,4,8,10-12H2/p+1/t15-/m0/s1. The van der Waals surface area contributed by atoms with Crippen LogP contribution in [0.1, 0.15) is 18.4 Å². The van der Waals surface area contributed by atoms with Gasteiger partial charge in [0.05, 0.1) is 0 Å². The molecule has 0 spiro atoms. The van der Waals surface area contributed by atoms with E-state index >= 15 is 0 Å². The molecule has 0 amide bonds. The quantitative estimate of drug-likeness (QED) is 0.872. The highest BCUT2D eigenvalue weighted by Crippen LogP contribution is 2.17. The Morgan fingerprint density at radius 3 is 2.89 bits per heavy atom. The first kappa shape index (κ1) is 11.7. The van der Waals surface area contributed by atoms with Gasteiger partial charge in [0, 0.05) is 12.2 Å². The second-order valence-electron chi connectivity index (χ2n) is 5.00. The number of nitrogens with two attached hydrogens (primary N) is 1. The lowest BCUT2D eigenvalue weighted by atomic mass is 10.0. The molecule has 0 radical (unpaired) electrons. The average molecular weight is 242 g/mol. The van der Waals surface area contributed by atoms with Crippen molar-refractivity contribution in [1.82, 2.24) is 0 Å². The topological polar surface area (TPSA) is 25.8 Å². The van der Waals surface area contributed by atoms with Crippen LogP contribution in [-0.4, -0.2) is 19.3 Å². The van der Waals surface area contributed by atoms with Gasteiger partial charge in [0.25, 0.3) is 0 Å². The number of hydrogen-bond donors (Lipinski definition) is 1. The fourth-order valence-electron chi connectivity index (χ4n) is 2.73. The Morgan fingerprint density at radius 2 is 2.00 bits per heavy atom. The molecule has 1 fully saturated rings. The van der Waals surface area contributed by atoms with Gasteiger partial charge in [-0.05, 0) is 23.6 Å². The molecule has 18 heavy (non-hydrogen) atoms. The van der Waals surface area contributed by atoms with Gasteiger partial charge in [-0.15, -0.1) is 0 Å². The van der Waals surface area contributed by atoms with E-state index in [2.05, 4.69) is 47.8 Å². The fourth-order valence-corrected chi connectivity index (χ4v) is 2.73. The predicted octanol–water partition coefficient (Wildman–Crippen LogP) is 2.08. The Hall–Kier alpha value is -1.38. The lowest BCUT2D eigenvalue weighted by Crippen LogP contribution is -2.84. The monoisotopic (exact) mass is 242 g/mol. The molecule has 1 aliphatic rings. The Labute approximate surface area is 108 Å². The average Bonchev–Trinajstić information content (AvgIpc) is 2.92. The van der Waals surface area contributed by atoms with Crippen molar-refractivity contribution in [3.05, 3.63) is 48.0 Å². The molecule has 3 rings (SSSR count). The van der Waals surface area contributed by atoms with Crippen molar-refractivity contribution in [2.45, 2.75) is 25.5 Å². The summed E-state index contributed by atoms with van der Waals surface area (Å²) in [7, 11) is 0. The lowest BCUT2D eigenvalue weighted by Gasteiger charge is -2.09. The molecule has 2 nitrogen and oxygen atoms in total. The maximum absolute atomic E-state index is 5.65. The number of rotatable bonds is 4. The zero-order valence-electron chi connectivity index (χ0n) is 10.6. The zero-order valence-corrected chi connectivity index (χ0v) is 10.6. The minimum atomic E-state index is 0.472. The summed E-state index contributed by atoms with van der Waals surface area (Å²) in [4.78, 5) is 0. The summed E-state index contributed by atoms with van der Waals surface area (Å²) in [6, 6.07) is 15.2. The molecule has 94 valence electrons. The van der Waals surface area contributed by atoms with E-state index in [0.29, 0.717) is 6.10 Å². The minimum absolute atomic E-state index is 0.472. The summed E-state index contributed by atoms with van der Waals surface area (Å²) in [6.07, 6.45) is 2.93. The van der Waals surface area contributed by atoms with Crippen molar-refractivity contribution >= 4 is 10.8 Å². The first-order valence-corrected chi connectivity index (χ1v) is 6.83. The summed E-state index contributed by atoms with van der Waals surface area (Å²) in [5, 5.41) is 5.08. The summed E-state index contributed by atoms with van der Waals surface area (Å²) in [5.74, 6) is 0. The summed E-state index contributed by atoms with van der Waals surface area (Å²) < 4.78 is 5.65. The van der Waals surface area contributed by atoms with E-state index in [1.165, 1.54) is 29.2 Å². The maximum Gasteiger partial charge on any atom is 0.106 e. The molecule has 0 saturated carbocycles. The third-order valence-corrected chi connectivity index (χ3v) is 3.70. The van der Waals surface area contributed by atoms with E-state index in [4.69, 9.17) is 4.74 Å². The Kier molecular flexibility index (Phi) is 3.58. The molecule has 1 heterocycles. The highest BCUT2D eigenvalue weighted by Gasteiger charge is 2.16. The van der Waals surface area contributed by atoms with Crippen LogP contribution in [0.3, 0.4) is 0 Å². The largest absolute Gasteiger partial charge is 0.372 e. The van der Waals surface area contributed by atoms with Crippen LogP contribution < -0.4 is 5.32 Å². The first-order chi connectivity index (χ1) is 8.93. The van der Waals surface area contributed by atoms with Gasteiger partial charge in [-0.2, -0.15) is 0 Å².